The quantitative estimate of drug-likeness (QED) is 0.196. The summed E-state index contributed by atoms with van der Waals surface area (Å²) in [5.74, 6) is 0. The van der Waals surface area contributed by atoms with E-state index in [4.69, 9.17) is 12.6 Å². The van der Waals surface area contributed by atoms with E-state index < -0.39 is 66.5 Å². The van der Waals surface area contributed by atoms with Gasteiger partial charge in [-0.3, -0.25) is 0 Å². The molecule has 0 N–H and O–H groups in total. The fraction of sp³-hybridized carbons (Fsp3) is 0. The van der Waals surface area contributed by atoms with E-state index in [1.807, 2.05) is 72.8 Å². The van der Waals surface area contributed by atoms with E-state index in [1.54, 1.807) is 36.4 Å². The Kier molecular flexibility index (Phi) is 4.08. The zero-order chi connectivity index (χ0) is 40.0. The highest BCUT2D eigenvalue weighted by atomic mass is 16.3. The van der Waals surface area contributed by atoms with Crippen molar-refractivity contribution in [2.45, 2.75) is 0 Å². The summed E-state index contributed by atoms with van der Waals surface area (Å²) < 4.78 is 107. The zero-order valence-corrected chi connectivity index (χ0v) is 24.2. The summed E-state index contributed by atoms with van der Waals surface area (Å²) in [7, 11) is 0. The molecule has 9 rings (SSSR count). The average Bonchev–Trinajstić information content (AvgIpc) is 3.63. The van der Waals surface area contributed by atoms with E-state index in [2.05, 4.69) is 0 Å². The van der Waals surface area contributed by atoms with Crippen LogP contribution in [0.2, 0.25) is 0 Å². The van der Waals surface area contributed by atoms with Gasteiger partial charge in [-0.1, -0.05) is 133 Å². The van der Waals surface area contributed by atoms with Crippen molar-refractivity contribution in [3.63, 3.8) is 0 Å². The molecule has 46 heavy (non-hydrogen) atoms. The number of nitrogens with zero attached hydrogens (tertiary/aromatic N) is 1. The van der Waals surface area contributed by atoms with Crippen LogP contribution in [0.3, 0.4) is 0 Å². The maximum Gasteiger partial charge on any atom is 0.143 e. The van der Waals surface area contributed by atoms with Gasteiger partial charge in [-0.15, -0.1) is 0 Å². The predicted molar refractivity (Wildman–Crippen MR) is 194 cm³/mol. The first-order chi connectivity index (χ1) is 27.4. The molecule has 0 amide bonds. The molecular weight excluding hydrogens is 558 g/mol. The molecule has 9 aromatic rings. The van der Waals surface area contributed by atoms with Gasteiger partial charge in [0.2, 0.25) is 0 Å². The lowest BCUT2D eigenvalue weighted by atomic mass is 9.98. The van der Waals surface area contributed by atoms with Crippen LogP contribution < -0.4 is 4.90 Å². The van der Waals surface area contributed by atoms with Crippen LogP contribution in [-0.4, -0.2) is 0 Å². The maximum atomic E-state index is 9.61. The third kappa shape index (κ3) is 4.35. The van der Waals surface area contributed by atoms with Crippen molar-refractivity contribution in [3.8, 4) is 22.3 Å². The van der Waals surface area contributed by atoms with Crippen LogP contribution in [-0.2, 0) is 0 Å². The number of benzene rings is 8. The Morgan fingerprint density at radius 2 is 1.20 bits per heavy atom. The Hall–Kier alpha value is -6.12. The van der Waals surface area contributed by atoms with Crippen molar-refractivity contribution in [3.05, 3.63) is 176 Å². The molecule has 0 unspecified atom stereocenters. The Balaban J connectivity index is 1.43. The largest absolute Gasteiger partial charge is 0.455 e. The van der Waals surface area contributed by atoms with Crippen molar-refractivity contribution in [2.75, 3.05) is 4.90 Å². The van der Waals surface area contributed by atoms with E-state index in [-0.39, 0.29) is 33.4 Å². The highest BCUT2D eigenvalue weighted by Crippen LogP contribution is 2.46. The lowest BCUT2D eigenvalue weighted by molar-refractivity contribution is 0.672. The van der Waals surface area contributed by atoms with Crippen LogP contribution in [0, 0.1) is 0 Å². The minimum atomic E-state index is -0.646. The number of furan rings is 1. The number of hydrogen-bond acceptors (Lipinski definition) is 2. The summed E-state index contributed by atoms with van der Waals surface area (Å²) in [6, 6.07) is 27.1. The van der Waals surface area contributed by atoms with Crippen molar-refractivity contribution in [1.29, 1.82) is 0 Å². The van der Waals surface area contributed by atoms with Crippen LogP contribution in [0.1, 0.15) is 15.1 Å². The van der Waals surface area contributed by atoms with Gasteiger partial charge in [0.15, 0.2) is 0 Å². The number of fused-ring (bicyclic) bond motifs is 6. The van der Waals surface area contributed by atoms with Crippen LogP contribution in [0.25, 0.3) is 65.7 Å². The molecule has 216 valence electrons. The second-order valence-corrected chi connectivity index (χ2v) is 10.9. The number of rotatable bonds is 5. The molecule has 0 fully saturated rings. The maximum absolute atomic E-state index is 9.61. The SMILES string of the molecule is [2H]c1c([2H])c(N(c2c([2H])c([2H])c([2H])c3c([2H])c([2H])c([2H])c([2H])c23)c2cccc3oc4c5ccccc5ccc4c23)c([2H])c([2H])c1-c1cccc(-c2ccccc2)c1. The summed E-state index contributed by atoms with van der Waals surface area (Å²) in [5.41, 5.74) is 2.67. The lowest BCUT2D eigenvalue weighted by Gasteiger charge is -2.27. The third-order valence-corrected chi connectivity index (χ3v) is 8.22. The Morgan fingerprint density at radius 1 is 0.457 bits per heavy atom. The molecule has 1 heterocycles. The second kappa shape index (κ2) is 10.8. The van der Waals surface area contributed by atoms with Crippen molar-refractivity contribution in [1.82, 2.24) is 0 Å². The highest BCUT2D eigenvalue weighted by molar-refractivity contribution is 6.20. The topological polar surface area (TPSA) is 16.4 Å². The van der Waals surface area contributed by atoms with Crippen LogP contribution >= 0.6 is 0 Å². The summed E-state index contributed by atoms with van der Waals surface area (Å²) >= 11 is 0. The Bertz CT molecular complexity index is 3120. The second-order valence-electron chi connectivity index (χ2n) is 10.9. The molecule has 2 nitrogen and oxygen atoms in total. The van der Waals surface area contributed by atoms with Gasteiger partial charge in [0.1, 0.15) is 11.2 Å². The molecule has 0 aliphatic carbocycles. The van der Waals surface area contributed by atoms with Gasteiger partial charge < -0.3 is 9.32 Å². The molecule has 0 aliphatic rings. The van der Waals surface area contributed by atoms with E-state index >= 15 is 0 Å². The van der Waals surface area contributed by atoms with E-state index in [9.17, 15) is 6.85 Å². The van der Waals surface area contributed by atoms with E-state index in [0.717, 1.165) is 21.9 Å². The van der Waals surface area contributed by atoms with Crippen molar-refractivity contribution < 1.29 is 19.5 Å². The van der Waals surface area contributed by atoms with E-state index in [1.165, 1.54) is 4.90 Å². The van der Waals surface area contributed by atoms with Gasteiger partial charge in [0.25, 0.3) is 0 Å². The van der Waals surface area contributed by atoms with Crippen molar-refractivity contribution >= 4 is 60.5 Å². The minimum Gasteiger partial charge on any atom is -0.455 e. The molecule has 0 saturated heterocycles. The molecule has 0 atom stereocenters. The van der Waals surface area contributed by atoms with E-state index in [0.29, 0.717) is 27.5 Å². The summed E-state index contributed by atoms with van der Waals surface area (Å²) in [5, 5.41) is 2.21. The zero-order valence-electron chi connectivity index (χ0n) is 35.2. The standard InChI is InChI=1S/C44H29NO/c1-2-11-30(12-3-1)34-16-8-17-35(29-34)31-23-26-36(27-24-31)45(40-20-9-15-32-13-4-6-18-37(32)40)41-21-10-22-42-43(41)39-28-25-33-14-5-7-19-38(33)44(39)46-42/h1-29H/i4D,6D,9D,13D,15D,18D,20D,23D,24D,26D,27D. The molecule has 2 heteroatoms. The van der Waals surface area contributed by atoms with Crippen LogP contribution in [0.15, 0.2) is 180 Å². The highest BCUT2D eigenvalue weighted by Gasteiger charge is 2.21. The van der Waals surface area contributed by atoms with Gasteiger partial charge >= 0.3 is 0 Å². The minimum absolute atomic E-state index is 0.0329. The summed E-state index contributed by atoms with van der Waals surface area (Å²) in [6.07, 6.45) is 0. The molecule has 0 aliphatic heterocycles. The third-order valence-electron chi connectivity index (χ3n) is 8.22. The van der Waals surface area contributed by atoms with Gasteiger partial charge in [-0.05, 0) is 75.4 Å². The van der Waals surface area contributed by atoms with Crippen molar-refractivity contribution in [2.24, 2.45) is 0 Å². The fourth-order valence-corrected chi connectivity index (χ4v) is 6.09. The first kappa shape index (κ1) is 17.4. The van der Waals surface area contributed by atoms with Gasteiger partial charge in [-0.25, -0.2) is 0 Å². The molecular formula is C44H29NO. The number of anilines is 3. The van der Waals surface area contributed by atoms with Gasteiger partial charge in [0, 0.05) is 21.8 Å². The number of hydrogen-bond donors (Lipinski definition) is 0. The molecule has 0 spiro atoms. The lowest BCUT2D eigenvalue weighted by Crippen LogP contribution is -2.10. The molecule has 0 saturated carbocycles. The molecule has 0 bridgehead atoms. The summed E-state index contributed by atoms with van der Waals surface area (Å²) in [4.78, 5) is 1.28. The van der Waals surface area contributed by atoms with Gasteiger partial charge in [0.05, 0.1) is 31.8 Å². The monoisotopic (exact) mass is 598 g/mol. The van der Waals surface area contributed by atoms with Gasteiger partial charge in [-0.2, -0.15) is 0 Å². The fourth-order valence-electron chi connectivity index (χ4n) is 6.09. The smallest absolute Gasteiger partial charge is 0.143 e. The summed E-state index contributed by atoms with van der Waals surface area (Å²) in [6.45, 7) is 0. The molecule has 0 radical (unpaired) electrons. The van der Waals surface area contributed by atoms with Crippen LogP contribution in [0.5, 0.6) is 0 Å². The molecule has 1 aromatic heterocycles. The Labute approximate surface area is 282 Å². The van der Waals surface area contributed by atoms with Crippen LogP contribution in [0.4, 0.5) is 17.1 Å². The first-order valence-electron chi connectivity index (χ1n) is 20.3. The molecule has 8 aromatic carbocycles. The first-order valence-corrected chi connectivity index (χ1v) is 14.8. The normalized spacial score (nSPS) is 14.8. The predicted octanol–water partition coefficient (Wildman–Crippen LogP) is 12.7. The Morgan fingerprint density at radius 3 is 2.09 bits per heavy atom. The average molecular weight is 599 g/mol.